The smallest absolute Gasteiger partial charge is 0.254 e. The van der Waals surface area contributed by atoms with Gasteiger partial charge in [0.05, 0.1) is 0 Å². The third kappa shape index (κ3) is 3.78. The van der Waals surface area contributed by atoms with Crippen molar-refractivity contribution in [2.45, 2.75) is 32.4 Å². The molecule has 2 aromatic carbocycles. The first-order valence-electron chi connectivity index (χ1n) is 9.60. The zero-order valence-electron chi connectivity index (χ0n) is 15.9. The van der Waals surface area contributed by atoms with Crippen LogP contribution >= 0.6 is 0 Å². The summed E-state index contributed by atoms with van der Waals surface area (Å²) >= 11 is 0. The third-order valence-electron chi connectivity index (χ3n) is 5.51. The highest BCUT2D eigenvalue weighted by atomic mass is 16.7. The summed E-state index contributed by atoms with van der Waals surface area (Å²) in [5.41, 5.74) is 2.02. The Morgan fingerprint density at radius 3 is 2.44 bits per heavy atom. The van der Waals surface area contributed by atoms with E-state index in [4.69, 9.17) is 9.47 Å². The minimum Gasteiger partial charge on any atom is -0.454 e. The Hall–Kier alpha value is -2.53. The number of piperazine rings is 1. The second-order valence-corrected chi connectivity index (χ2v) is 7.45. The summed E-state index contributed by atoms with van der Waals surface area (Å²) in [5, 5.41) is 0. The fourth-order valence-electron chi connectivity index (χ4n) is 4.08. The maximum absolute atomic E-state index is 13.0. The maximum atomic E-state index is 13.0. The van der Waals surface area contributed by atoms with Crippen LogP contribution in [-0.4, -0.2) is 54.2 Å². The Kier molecular flexibility index (Phi) is 5.03. The first-order chi connectivity index (χ1) is 13.1. The minimum absolute atomic E-state index is 0.0645. The molecule has 0 radical (unpaired) electrons. The molecule has 27 heavy (non-hydrogen) atoms. The summed E-state index contributed by atoms with van der Waals surface area (Å²) in [7, 11) is 0. The van der Waals surface area contributed by atoms with Gasteiger partial charge in [-0.25, -0.2) is 0 Å². The Balaban J connectivity index is 1.40. The molecule has 2 aliphatic heterocycles. The van der Waals surface area contributed by atoms with Crippen LogP contribution in [0, 0.1) is 0 Å². The van der Waals surface area contributed by atoms with Crippen molar-refractivity contribution in [2.75, 3.05) is 26.4 Å². The number of ether oxygens (including phenoxy) is 2. The molecular weight excluding hydrogens is 340 g/mol. The molecule has 0 bridgehead atoms. The van der Waals surface area contributed by atoms with Gasteiger partial charge in [0.1, 0.15) is 0 Å². The molecule has 142 valence electrons. The van der Waals surface area contributed by atoms with Crippen LogP contribution in [-0.2, 0) is 6.42 Å². The van der Waals surface area contributed by atoms with Crippen LogP contribution in [0.3, 0.4) is 0 Å². The Morgan fingerprint density at radius 1 is 1.00 bits per heavy atom. The van der Waals surface area contributed by atoms with Crippen LogP contribution in [0.1, 0.15) is 29.8 Å². The van der Waals surface area contributed by atoms with Gasteiger partial charge in [0.25, 0.3) is 5.91 Å². The predicted molar refractivity (Wildman–Crippen MR) is 104 cm³/mol. The molecule has 2 aromatic rings. The summed E-state index contributed by atoms with van der Waals surface area (Å²) in [6.45, 7) is 7.14. The minimum atomic E-state index is 0.0645. The van der Waals surface area contributed by atoms with Gasteiger partial charge in [0.15, 0.2) is 11.5 Å². The Bertz CT molecular complexity index is 796. The fourth-order valence-corrected chi connectivity index (χ4v) is 4.08. The van der Waals surface area contributed by atoms with Gasteiger partial charge in [-0.15, -0.1) is 0 Å². The van der Waals surface area contributed by atoms with Gasteiger partial charge in [0, 0.05) is 37.3 Å². The average molecular weight is 366 g/mol. The molecule has 2 aliphatic rings. The van der Waals surface area contributed by atoms with Crippen molar-refractivity contribution in [3.05, 3.63) is 59.7 Å². The number of hydrogen-bond donors (Lipinski definition) is 0. The number of carbonyl (C=O) groups is 1. The van der Waals surface area contributed by atoms with Crippen molar-refractivity contribution in [3.63, 3.8) is 0 Å². The van der Waals surface area contributed by atoms with Gasteiger partial charge >= 0.3 is 0 Å². The molecule has 0 saturated carbocycles. The van der Waals surface area contributed by atoms with E-state index in [0.29, 0.717) is 29.1 Å². The molecular formula is C22H26N2O3. The largest absolute Gasteiger partial charge is 0.454 e. The summed E-state index contributed by atoms with van der Waals surface area (Å²) < 4.78 is 10.7. The molecule has 5 nitrogen and oxygen atoms in total. The lowest BCUT2D eigenvalue weighted by molar-refractivity contribution is 0.0311. The molecule has 4 rings (SSSR count). The lowest BCUT2D eigenvalue weighted by Gasteiger charge is -2.44. The quantitative estimate of drug-likeness (QED) is 0.833. The summed E-state index contributed by atoms with van der Waals surface area (Å²) in [5.74, 6) is 1.43. The van der Waals surface area contributed by atoms with E-state index in [0.717, 1.165) is 26.1 Å². The topological polar surface area (TPSA) is 42.0 Å². The monoisotopic (exact) mass is 366 g/mol. The van der Waals surface area contributed by atoms with Crippen LogP contribution in [0.5, 0.6) is 11.5 Å². The highest BCUT2D eigenvalue weighted by molar-refractivity contribution is 5.95. The summed E-state index contributed by atoms with van der Waals surface area (Å²) in [6.07, 6.45) is 1.03. The molecule has 0 N–H and O–H groups in total. The number of hydrogen-bond acceptors (Lipinski definition) is 4. The highest BCUT2D eigenvalue weighted by Crippen LogP contribution is 2.33. The van der Waals surface area contributed by atoms with Crippen molar-refractivity contribution < 1.29 is 14.3 Å². The average Bonchev–Trinajstić information content (AvgIpc) is 3.15. The van der Waals surface area contributed by atoms with Gasteiger partial charge in [0.2, 0.25) is 6.79 Å². The van der Waals surface area contributed by atoms with Crippen LogP contribution in [0.2, 0.25) is 0 Å². The zero-order valence-corrected chi connectivity index (χ0v) is 15.9. The molecule has 5 heteroatoms. The molecule has 1 amide bonds. The van der Waals surface area contributed by atoms with Crippen molar-refractivity contribution in [1.82, 2.24) is 9.80 Å². The van der Waals surface area contributed by atoms with E-state index < -0.39 is 0 Å². The van der Waals surface area contributed by atoms with Crippen LogP contribution in [0.25, 0.3) is 0 Å². The predicted octanol–water partition coefficient (Wildman–Crippen LogP) is 3.19. The number of amides is 1. The summed E-state index contributed by atoms with van der Waals surface area (Å²) in [6, 6.07) is 16.7. The van der Waals surface area contributed by atoms with Crippen LogP contribution in [0.4, 0.5) is 0 Å². The molecule has 2 atom stereocenters. The van der Waals surface area contributed by atoms with Crippen molar-refractivity contribution >= 4 is 5.91 Å². The maximum Gasteiger partial charge on any atom is 0.254 e. The third-order valence-corrected chi connectivity index (χ3v) is 5.51. The Labute approximate surface area is 160 Å². The standard InChI is InChI=1S/C22H26N2O3/c1-16-13-23(22(25)19-8-9-20-21(12-19)27-15-26-20)14-17(2)24(16)11-10-18-6-4-3-5-7-18/h3-9,12,16-17H,10-11,13-15H2,1-2H3. The van der Waals surface area contributed by atoms with E-state index >= 15 is 0 Å². The van der Waals surface area contributed by atoms with E-state index in [1.807, 2.05) is 17.0 Å². The van der Waals surface area contributed by atoms with Crippen LogP contribution in [0.15, 0.2) is 48.5 Å². The normalized spacial score (nSPS) is 22.1. The molecule has 2 unspecified atom stereocenters. The molecule has 0 aliphatic carbocycles. The van der Waals surface area contributed by atoms with Gasteiger partial charge in [-0.05, 0) is 44.0 Å². The van der Waals surface area contributed by atoms with Crippen molar-refractivity contribution in [2.24, 2.45) is 0 Å². The molecule has 1 fully saturated rings. The summed E-state index contributed by atoms with van der Waals surface area (Å²) in [4.78, 5) is 17.5. The van der Waals surface area contributed by atoms with Gasteiger partial charge in [-0.3, -0.25) is 9.69 Å². The first kappa shape index (κ1) is 17.9. The zero-order chi connectivity index (χ0) is 18.8. The lowest BCUT2D eigenvalue weighted by Crippen LogP contribution is -2.58. The molecule has 0 aromatic heterocycles. The van der Waals surface area contributed by atoms with E-state index in [9.17, 15) is 4.79 Å². The van der Waals surface area contributed by atoms with Gasteiger partial charge < -0.3 is 14.4 Å². The number of rotatable bonds is 4. The molecule has 1 saturated heterocycles. The van der Waals surface area contributed by atoms with E-state index in [-0.39, 0.29) is 12.7 Å². The fraction of sp³-hybridized carbons (Fsp3) is 0.409. The number of benzene rings is 2. The molecule has 0 spiro atoms. The number of fused-ring (bicyclic) bond motifs is 1. The van der Waals surface area contributed by atoms with E-state index in [1.165, 1.54) is 5.56 Å². The van der Waals surface area contributed by atoms with Crippen LogP contribution < -0.4 is 9.47 Å². The second kappa shape index (κ2) is 7.61. The van der Waals surface area contributed by atoms with Gasteiger partial charge in [-0.1, -0.05) is 30.3 Å². The number of carbonyl (C=O) groups excluding carboxylic acids is 1. The van der Waals surface area contributed by atoms with E-state index in [2.05, 4.69) is 49.1 Å². The van der Waals surface area contributed by atoms with Gasteiger partial charge in [-0.2, -0.15) is 0 Å². The Morgan fingerprint density at radius 2 is 1.70 bits per heavy atom. The lowest BCUT2D eigenvalue weighted by atomic mass is 10.0. The van der Waals surface area contributed by atoms with E-state index in [1.54, 1.807) is 6.07 Å². The first-order valence-corrected chi connectivity index (χ1v) is 9.60. The SMILES string of the molecule is CC1CN(C(=O)c2ccc3c(c2)OCO3)CC(C)N1CCc1ccccc1. The van der Waals surface area contributed by atoms with Crippen molar-refractivity contribution in [1.29, 1.82) is 0 Å². The van der Waals surface area contributed by atoms with Crippen molar-refractivity contribution in [3.8, 4) is 11.5 Å². The highest BCUT2D eigenvalue weighted by Gasteiger charge is 2.32. The molecule has 2 heterocycles. The second-order valence-electron chi connectivity index (χ2n) is 7.45. The number of nitrogens with zero attached hydrogens (tertiary/aromatic N) is 2.